The van der Waals surface area contributed by atoms with E-state index in [0.717, 1.165) is 0 Å². The molecule has 0 radical (unpaired) electrons. The van der Waals surface area contributed by atoms with Gasteiger partial charge >= 0.3 is 0 Å². The summed E-state index contributed by atoms with van der Waals surface area (Å²) < 4.78 is 28.5. The van der Waals surface area contributed by atoms with Crippen LogP contribution in [0.5, 0.6) is 0 Å². The largest absolute Gasteiger partial charge is 0.266 e. The summed E-state index contributed by atoms with van der Waals surface area (Å²) in [5.74, 6) is 0.384. The number of sulfonamides is 1. The number of rotatable bonds is 4. The Morgan fingerprint density at radius 3 is 2.68 bits per heavy atom. The number of hydrogen-bond acceptors (Lipinski definition) is 4. The molecule has 0 saturated carbocycles. The first-order valence-electron chi connectivity index (χ1n) is 5.58. The lowest BCUT2D eigenvalue weighted by Gasteiger charge is -2.13. The van der Waals surface area contributed by atoms with Gasteiger partial charge in [-0.3, -0.25) is 4.72 Å². The molecule has 6 nitrogen and oxygen atoms in total. The molecule has 19 heavy (non-hydrogen) atoms. The van der Waals surface area contributed by atoms with Gasteiger partial charge in [0.15, 0.2) is 0 Å². The molecule has 2 rings (SSSR count). The minimum Gasteiger partial charge on any atom is -0.263 e. The molecule has 2 aromatic heterocycles. The van der Waals surface area contributed by atoms with E-state index in [-0.39, 0.29) is 16.1 Å². The van der Waals surface area contributed by atoms with Gasteiger partial charge in [0, 0.05) is 18.3 Å². The second-order valence-electron chi connectivity index (χ2n) is 4.15. The maximum atomic E-state index is 12.2. The van der Waals surface area contributed by atoms with Crippen molar-refractivity contribution in [2.24, 2.45) is 0 Å². The molecule has 0 amide bonds. The van der Waals surface area contributed by atoms with E-state index in [9.17, 15) is 8.42 Å². The van der Waals surface area contributed by atoms with Gasteiger partial charge in [-0.05, 0) is 26.0 Å². The normalized spacial score (nSPS) is 11.8. The third-order valence-corrected chi connectivity index (χ3v) is 4.21. The van der Waals surface area contributed by atoms with Gasteiger partial charge in [0.1, 0.15) is 15.9 Å². The molecule has 0 aliphatic heterocycles. The Balaban J connectivity index is 2.37. The molecule has 102 valence electrons. The van der Waals surface area contributed by atoms with Gasteiger partial charge in [-0.1, -0.05) is 11.6 Å². The van der Waals surface area contributed by atoms with Gasteiger partial charge in [-0.15, -0.1) is 0 Å². The van der Waals surface area contributed by atoms with E-state index >= 15 is 0 Å². The Morgan fingerprint density at radius 2 is 2.05 bits per heavy atom. The number of pyridine rings is 1. The molecule has 2 aromatic rings. The molecule has 0 bridgehead atoms. The zero-order valence-electron chi connectivity index (χ0n) is 10.4. The van der Waals surface area contributed by atoms with Crippen molar-refractivity contribution in [2.45, 2.75) is 24.8 Å². The summed E-state index contributed by atoms with van der Waals surface area (Å²) in [7, 11) is -3.78. The average molecular weight is 301 g/mol. The summed E-state index contributed by atoms with van der Waals surface area (Å²) in [6.45, 7) is 3.81. The number of anilines is 1. The first-order chi connectivity index (χ1) is 8.92. The monoisotopic (exact) mass is 300 g/mol. The fourth-order valence-electron chi connectivity index (χ4n) is 1.57. The van der Waals surface area contributed by atoms with Crippen molar-refractivity contribution >= 4 is 27.4 Å². The highest BCUT2D eigenvalue weighted by Crippen LogP contribution is 2.22. The highest BCUT2D eigenvalue weighted by Gasteiger charge is 2.20. The molecule has 0 unspecified atom stereocenters. The average Bonchev–Trinajstić information content (AvgIpc) is 2.76. The van der Waals surface area contributed by atoms with Crippen molar-refractivity contribution in [1.29, 1.82) is 0 Å². The highest BCUT2D eigenvalue weighted by atomic mass is 35.5. The Morgan fingerprint density at radius 1 is 1.32 bits per heavy atom. The van der Waals surface area contributed by atoms with Crippen molar-refractivity contribution < 1.29 is 8.42 Å². The number of nitrogens with one attached hydrogen (secondary N) is 1. The van der Waals surface area contributed by atoms with Crippen LogP contribution in [0.25, 0.3) is 0 Å². The molecule has 0 spiro atoms. The van der Waals surface area contributed by atoms with Crippen LogP contribution in [-0.2, 0) is 10.0 Å². The number of halogens is 1. The van der Waals surface area contributed by atoms with Gasteiger partial charge in [-0.2, -0.15) is 5.10 Å². The van der Waals surface area contributed by atoms with Crippen LogP contribution in [0.1, 0.15) is 19.9 Å². The van der Waals surface area contributed by atoms with E-state index in [1.807, 2.05) is 13.8 Å². The van der Waals surface area contributed by atoms with Crippen LogP contribution >= 0.6 is 11.6 Å². The Hall–Kier alpha value is -1.60. The predicted molar refractivity (Wildman–Crippen MR) is 72.7 cm³/mol. The predicted octanol–water partition coefficient (Wildman–Crippen LogP) is 2.31. The van der Waals surface area contributed by atoms with Crippen molar-refractivity contribution in [3.05, 3.63) is 35.7 Å². The second kappa shape index (κ2) is 5.18. The molecule has 1 N–H and O–H groups in total. The van der Waals surface area contributed by atoms with E-state index in [2.05, 4.69) is 14.8 Å². The smallest absolute Gasteiger partial charge is 0.263 e. The van der Waals surface area contributed by atoms with E-state index in [1.54, 1.807) is 10.7 Å². The van der Waals surface area contributed by atoms with Crippen molar-refractivity contribution in [2.75, 3.05) is 4.72 Å². The standard InChI is InChI=1S/C11H13ClN4O2S/c1-8(2)16-10(5-7-14-16)15-19(17,18)9-4-3-6-13-11(9)12/h3-8,15H,1-2H3. The zero-order valence-corrected chi connectivity index (χ0v) is 12.0. The SMILES string of the molecule is CC(C)n1nccc1NS(=O)(=O)c1cccnc1Cl. The van der Waals surface area contributed by atoms with Crippen LogP contribution in [0.3, 0.4) is 0 Å². The minimum absolute atomic E-state index is 0.0390. The van der Waals surface area contributed by atoms with Gasteiger partial charge < -0.3 is 0 Å². The van der Waals surface area contributed by atoms with E-state index < -0.39 is 10.0 Å². The van der Waals surface area contributed by atoms with Crippen LogP contribution in [0.15, 0.2) is 35.5 Å². The molecule has 0 aliphatic carbocycles. The van der Waals surface area contributed by atoms with Gasteiger partial charge in [0.05, 0.1) is 6.20 Å². The van der Waals surface area contributed by atoms with Crippen LogP contribution in [-0.4, -0.2) is 23.2 Å². The minimum atomic E-state index is -3.78. The Bertz CT molecular complexity index is 682. The van der Waals surface area contributed by atoms with Crippen LogP contribution in [0.2, 0.25) is 5.15 Å². The molecule has 0 atom stereocenters. The maximum Gasteiger partial charge on any atom is 0.266 e. The van der Waals surface area contributed by atoms with Crippen molar-refractivity contribution in [1.82, 2.24) is 14.8 Å². The van der Waals surface area contributed by atoms with E-state index in [1.165, 1.54) is 24.5 Å². The zero-order chi connectivity index (χ0) is 14.0. The maximum absolute atomic E-state index is 12.2. The lowest BCUT2D eigenvalue weighted by molar-refractivity contribution is 0.539. The first kappa shape index (κ1) is 13.8. The van der Waals surface area contributed by atoms with E-state index in [4.69, 9.17) is 11.6 Å². The molecule has 8 heteroatoms. The molecule has 0 fully saturated rings. The molecule has 0 saturated heterocycles. The molecular weight excluding hydrogens is 288 g/mol. The summed E-state index contributed by atoms with van der Waals surface area (Å²) >= 11 is 5.80. The van der Waals surface area contributed by atoms with Crippen LogP contribution in [0, 0.1) is 0 Å². The number of nitrogens with zero attached hydrogens (tertiary/aromatic N) is 3. The Kier molecular flexibility index (Phi) is 3.77. The lowest BCUT2D eigenvalue weighted by Crippen LogP contribution is -2.17. The van der Waals surface area contributed by atoms with Crippen LogP contribution in [0.4, 0.5) is 5.82 Å². The summed E-state index contributed by atoms with van der Waals surface area (Å²) in [6, 6.07) is 4.53. The molecular formula is C11H13ClN4O2S. The van der Waals surface area contributed by atoms with Gasteiger partial charge in [0.2, 0.25) is 0 Å². The summed E-state index contributed by atoms with van der Waals surface area (Å²) in [5, 5.41) is 3.99. The molecule has 2 heterocycles. The highest BCUT2D eigenvalue weighted by molar-refractivity contribution is 7.92. The lowest BCUT2D eigenvalue weighted by atomic mass is 10.4. The van der Waals surface area contributed by atoms with Crippen molar-refractivity contribution in [3.63, 3.8) is 0 Å². The summed E-state index contributed by atoms with van der Waals surface area (Å²) in [5.41, 5.74) is 0. The van der Waals surface area contributed by atoms with Gasteiger partial charge in [0.25, 0.3) is 10.0 Å². The quantitative estimate of drug-likeness (QED) is 0.879. The molecule has 0 aromatic carbocycles. The Labute approximate surface area is 116 Å². The third-order valence-electron chi connectivity index (χ3n) is 2.41. The number of aromatic nitrogens is 3. The summed E-state index contributed by atoms with van der Waals surface area (Å²) in [6.07, 6.45) is 2.96. The number of hydrogen-bond donors (Lipinski definition) is 1. The topological polar surface area (TPSA) is 76.9 Å². The summed E-state index contributed by atoms with van der Waals surface area (Å²) in [4.78, 5) is 3.69. The first-order valence-corrected chi connectivity index (χ1v) is 7.45. The second-order valence-corrected chi connectivity index (χ2v) is 6.16. The third kappa shape index (κ3) is 2.87. The fourth-order valence-corrected chi connectivity index (χ4v) is 3.07. The fraction of sp³-hybridized carbons (Fsp3) is 0.273. The van der Waals surface area contributed by atoms with E-state index in [0.29, 0.717) is 5.82 Å². The van der Waals surface area contributed by atoms with Crippen molar-refractivity contribution in [3.8, 4) is 0 Å². The van der Waals surface area contributed by atoms with Crippen LogP contribution < -0.4 is 4.72 Å². The van der Waals surface area contributed by atoms with Gasteiger partial charge in [-0.25, -0.2) is 18.1 Å². The molecule has 0 aliphatic rings.